The summed E-state index contributed by atoms with van der Waals surface area (Å²) in [5.41, 5.74) is 0. The van der Waals surface area contributed by atoms with Crippen LogP contribution >= 0.6 is 0 Å². The van der Waals surface area contributed by atoms with Crippen molar-refractivity contribution in [3.63, 3.8) is 0 Å². The van der Waals surface area contributed by atoms with Gasteiger partial charge in [-0.25, -0.2) is 0 Å². The summed E-state index contributed by atoms with van der Waals surface area (Å²) in [7, 11) is 0. The molecule has 2 aromatic carbocycles. The maximum absolute atomic E-state index is 2.62. The van der Waals surface area contributed by atoms with Crippen molar-refractivity contribution in [3.05, 3.63) is 60.7 Å². The molecule has 0 bridgehead atoms. The molecule has 11 heavy (non-hydrogen) atoms. The molecule has 59 valence electrons. The predicted molar refractivity (Wildman–Crippen MR) is 34.8 cm³/mol. The maximum atomic E-state index is 2.62. The topological polar surface area (TPSA) is 0 Å². The second kappa shape index (κ2) is 7.32. The van der Waals surface area contributed by atoms with Crippen molar-refractivity contribution >= 4 is 0 Å². The third-order valence-electron chi connectivity index (χ3n) is 0.702. The SMILES string of the molecule is [Co+2].[c-]1[c-][c-][cH-][c-]1.[c-]1[c-][c-][cH-][c-]1. The van der Waals surface area contributed by atoms with Crippen molar-refractivity contribution in [1.82, 2.24) is 0 Å². The van der Waals surface area contributed by atoms with Crippen LogP contribution in [-0.2, 0) is 16.8 Å². The molecule has 0 saturated carbocycles. The van der Waals surface area contributed by atoms with Crippen LogP contribution < -0.4 is 0 Å². The molecule has 0 aromatic heterocycles. The van der Waals surface area contributed by atoms with Crippen molar-refractivity contribution in [3.8, 4) is 0 Å². The fourth-order valence-electron chi connectivity index (χ4n) is 0.361. The van der Waals surface area contributed by atoms with Gasteiger partial charge in [0.1, 0.15) is 0 Å². The summed E-state index contributed by atoms with van der Waals surface area (Å²) in [6.45, 7) is 0. The Kier molecular flexibility index (Phi) is 6.79. The van der Waals surface area contributed by atoms with Crippen LogP contribution in [0.4, 0.5) is 0 Å². The van der Waals surface area contributed by atoms with E-state index in [2.05, 4.69) is 48.5 Å². The molecular weight excluding hydrogens is 179 g/mol. The zero-order valence-electron chi connectivity index (χ0n) is 5.49. The molecule has 0 nitrogen and oxygen atoms in total. The average molecular weight is 181 g/mol. The Labute approximate surface area is 77.8 Å². The summed E-state index contributed by atoms with van der Waals surface area (Å²) >= 11 is 0. The molecule has 1 heteroatoms. The minimum absolute atomic E-state index is 0. The Morgan fingerprint density at radius 3 is 0.909 bits per heavy atom. The minimum Gasteiger partial charge on any atom is -0.999 e. The zero-order valence-corrected chi connectivity index (χ0v) is 6.53. The van der Waals surface area contributed by atoms with E-state index in [1.807, 2.05) is 0 Å². The van der Waals surface area contributed by atoms with Crippen molar-refractivity contribution < 1.29 is 16.8 Å². The second-order valence-corrected chi connectivity index (χ2v) is 1.37. The molecule has 1 radical (unpaired) electrons. The van der Waals surface area contributed by atoms with Crippen LogP contribution in [0.5, 0.6) is 0 Å². The first-order valence-corrected chi connectivity index (χ1v) is 2.65. The Bertz CT molecular complexity index is 144. The fourth-order valence-corrected chi connectivity index (χ4v) is 0.361. The second-order valence-electron chi connectivity index (χ2n) is 1.37. The van der Waals surface area contributed by atoms with Gasteiger partial charge in [-0.3, -0.25) is 0 Å². The van der Waals surface area contributed by atoms with E-state index in [0.29, 0.717) is 0 Å². The molecule has 0 atom stereocenters. The molecule has 0 unspecified atom stereocenters. The minimum atomic E-state index is 0. The molecule has 0 aliphatic heterocycles. The summed E-state index contributed by atoms with van der Waals surface area (Å²) < 4.78 is 0. The Hall–Kier alpha value is -0.794. The van der Waals surface area contributed by atoms with Crippen LogP contribution in [-0.4, -0.2) is 0 Å². The summed E-state index contributed by atoms with van der Waals surface area (Å²) in [4.78, 5) is 0. The first-order chi connectivity index (χ1) is 5.00. The van der Waals surface area contributed by atoms with E-state index < -0.39 is 0 Å². The van der Waals surface area contributed by atoms with Crippen LogP contribution in [0, 0.1) is 48.5 Å². The monoisotopic (exact) mass is 181 g/mol. The molecule has 2 aromatic rings. The molecule has 0 aliphatic rings. The van der Waals surface area contributed by atoms with Crippen molar-refractivity contribution in [1.29, 1.82) is 0 Å². The van der Waals surface area contributed by atoms with E-state index >= 15 is 0 Å². The maximum Gasteiger partial charge on any atom is 2.00 e. The van der Waals surface area contributed by atoms with Gasteiger partial charge in [-0.05, 0) is 0 Å². The third-order valence-corrected chi connectivity index (χ3v) is 0.702. The van der Waals surface area contributed by atoms with Crippen LogP contribution in [0.1, 0.15) is 0 Å². The first-order valence-electron chi connectivity index (χ1n) is 2.65. The Morgan fingerprint density at radius 2 is 0.818 bits per heavy atom. The number of hydrogen-bond acceptors (Lipinski definition) is 0. The molecule has 0 N–H and O–H groups in total. The quantitative estimate of drug-likeness (QED) is 0.536. The summed E-state index contributed by atoms with van der Waals surface area (Å²) in [5, 5.41) is 0. The number of rotatable bonds is 0. The molecule has 0 fully saturated rings. The largest absolute Gasteiger partial charge is 2.00 e. The van der Waals surface area contributed by atoms with E-state index in [4.69, 9.17) is 0 Å². The molecular formula is C10H2Co-8. The normalized spacial score (nSPS) is 7.27. The van der Waals surface area contributed by atoms with Crippen LogP contribution in [0.15, 0.2) is 12.1 Å². The van der Waals surface area contributed by atoms with Crippen LogP contribution in [0.2, 0.25) is 0 Å². The molecule has 0 heterocycles. The van der Waals surface area contributed by atoms with Gasteiger partial charge in [0, 0.05) is 0 Å². The Balaban J connectivity index is 0.000000167. The van der Waals surface area contributed by atoms with Gasteiger partial charge in [-0.1, -0.05) is 0 Å². The van der Waals surface area contributed by atoms with Gasteiger partial charge >= 0.3 is 16.8 Å². The van der Waals surface area contributed by atoms with Crippen molar-refractivity contribution in [2.75, 3.05) is 0 Å². The van der Waals surface area contributed by atoms with E-state index in [-0.39, 0.29) is 16.8 Å². The predicted octanol–water partition coefficient (Wildman–Crippen LogP) is 1.21. The molecule has 0 amide bonds. The van der Waals surface area contributed by atoms with E-state index in [0.717, 1.165) is 0 Å². The van der Waals surface area contributed by atoms with Gasteiger partial charge < -0.3 is 60.7 Å². The third kappa shape index (κ3) is 5.64. The summed E-state index contributed by atoms with van der Waals surface area (Å²) in [6.07, 6.45) is 0. The van der Waals surface area contributed by atoms with Crippen LogP contribution in [0.3, 0.4) is 0 Å². The smallest absolute Gasteiger partial charge is 0.999 e. The van der Waals surface area contributed by atoms with Crippen molar-refractivity contribution in [2.45, 2.75) is 0 Å². The zero-order chi connectivity index (χ0) is 7.07. The van der Waals surface area contributed by atoms with Gasteiger partial charge in [0.15, 0.2) is 0 Å². The van der Waals surface area contributed by atoms with E-state index in [1.54, 1.807) is 12.1 Å². The van der Waals surface area contributed by atoms with Gasteiger partial charge in [0.05, 0.1) is 0 Å². The summed E-state index contributed by atoms with van der Waals surface area (Å²) in [5.74, 6) is 0. The first kappa shape index (κ1) is 10.2. The van der Waals surface area contributed by atoms with Gasteiger partial charge in [-0.15, -0.1) is 0 Å². The van der Waals surface area contributed by atoms with Crippen LogP contribution in [0.25, 0.3) is 0 Å². The van der Waals surface area contributed by atoms with E-state index in [1.165, 1.54) is 0 Å². The van der Waals surface area contributed by atoms with Crippen molar-refractivity contribution in [2.24, 2.45) is 0 Å². The molecule has 0 spiro atoms. The average Bonchev–Trinajstić information content (AvgIpc) is 2.67. The van der Waals surface area contributed by atoms with Gasteiger partial charge in [0.2, 0.25) is 0 Å². The summed E-state index contributed by atoms with van der Waals surface area (Å²) in [6, 6.07) is 24.0. The Morgan fingerprint density at radius 1 is 0.545 bits per heavy atom. The molecule has 0 saturated heterocycles. The fraction of sp³-hybridized carbons (Fsp3) is 0. The number of hydrogen-bond donors (Lipinski definition) is 0. The standard InChI is InChI=1S/2C5H.Co/c2*1-2-4-5-3-1;/h2*1H;/q2*-5;+2. The molecule has 2 rings (SSSR count). The van der Waals surface area contributed by atoms with Gasteiger partial charge in [0.25, 0.3) is 0 Å². The van der Waals surface area contributed by atoms with Gasteiger partial charge in [-0.2, -0.15) is 0 Å². The molecule has 0 aliphatic carbocycles. The van der Waals surface area contributed by atoms with E-state index in [9.17, 15) is 0 Å².